The number of aromatic nitrogens is 2. The van der Waals surface area contributed by atoms with Crippen molar-refractivity contribution < 1.29 is 14.3 Å². The van der Waals surface area contributed by atoms with E-state index in [0.29, 0.717) is 22.4 Å². The Hall–Kier alpha value is -4.06. The van der Waals surface area contributed by atoms with Crippen LogP contribution in [0.4, 0.5) is 4.39 Å². The highest BCUT2D eigenvalue weighted by molar-refractivity contribution is 5.88. The Morgan fingerprint density at radius 1 is 0.966 bits per heavy atom. The highest BCUT2D eigenvalue weighted by atomic mass is 19.1. The topological polar surface area (TPSA) is 72.2 Å². The summed E-state index contributed by atoms with van der Waals surface area (Å²) >= 11 is 0. The summed E-state index contributed by atoms with van der Waals surface area (Å²) < 4.78 is 14.5. The van der Waals surface area contributed by atoms with Gasteiger partial charge in [0.25, 0.3) is 5.56 Å². The molecule has 0 aliphatic rings. The minimum absolute atomic E-state index is 0.0658. The Morgan fingerprint density at radius 2 is 1.72 bits per heavy atom. The number of nitrogens with zero attached hydrogens (tertiary/aromatic N) is 2. The van der Waals surface area contributed by atoms with Crippen LogP contribution >= 0.6 is 0 Å². The average molecular weight is 386 g/mol. The maximum Gasteiger partial charge on any atom is 0.335 e. The van der Waals surface area contributed by atoms with Crippen LogP contribution in [0.2, 0.25) is 0 Å². The van der Waals surface area contributed by atoms with Crippen LogP contribution in [0.5, 0.6) is 0 Å². The molecule has 5 nitrogen and oxygen atoms in total. The third-order valence-corrected chi connectivity index (χ3v) is 4.45. The lowest BCUT2D eigenvalue weighted by Crippen LogP contribution is -2.22. The summed E-state index contributed by atoms with van der Waals surface area (Å²) in [5, 5.41) is 9.72. The van der Waals surface area contributed by atoms with Gasteiger partial charge in [-0.15, -0.1) is 0 Å². The molecule has 1 heterocycles. The van der Waals surface area contributed by atoms with Crippen LogP contribution in [-0.2, 0) is 0 Å². The van der Waals surface area contributed by atoms with Crippen molar-refractivity contribution in [2.75, 3.05) is 0 Å². The van der Waals surface area contributed by atoms with E-state index in [4.69, 9.17) is 0 Å². The fourth-order valence-electron chi connectivity index (χ4n) is 3.03. The summed E-state index contributed by atoms with van der Waals surface area (Å²) in [6, 6.07) is 19.0. The molecule has 6 heteroatoms. The van der Waals surface area contributed by atoms with E-state index in [1.54, 1.807) is 60.7 Å². The van der Waals surface area contributed by atoms with Crippen LogP contribution in [0, 0.1) is 5.82 Å². The normalized spacial score (nSPS) is 11.2. The Balaban J connectivity index is 1.94. The number of para-hydroxylation sites is 1. The first-order valence-electron chi connectivity index (χ1n) is 8.82. The maximum atomic E-state index is 13.2. The zero-order valence-corrected chi connectivity index (χ0v) is 15.1. The number of hydrogen-bond acceptors (Lipinski definition) is 3. The molecule has 0 amide bonds. The van der Waals surface area contributed by atoms with E-state index < -0.39 is 5.97 Å². The first-order valence-corrected chi connectivity index (χ1v) is 8.82. The van der Waals surface area contributed by atoms with E-state index in [0.717, 1.165) is 5.56 Å². The van der Waals surface area contributed by atoms with Crippen LogP contribution in [-0.4, -0.2) is 20.6 Å². The predicted molar refractivity (Wildman–Crippen MR) is 110 cm³/mol. The van der Waals surface area contributed by atoms with Gasteiger partial charge in [0.2, 0.25) is 0 Å². The van der Waals surface area contributed by atoms with Gasteiger partial charge in [-0.2, -0.15) is 0 Å². The third kappa shape index (κ3) is 3.68. The molecule has 3 aromatic carbocycles. The highest BCUT2D eigenvalue weighted by Gasteiger charge is 2.12. The first kappa shape index (κ1) is 18.3. The number of carbonyl (C=O) groups is 1. The maximum absolute atomic E-state index is 13.2. The van der Waals surface area contributed by atoms with Crippen molar-refractivity contribution in [2.24, 2.45) is 0 Å². The summed E-state index contributed by atoms with van der Waals surface area (Å²) in [5.41, 5.74) is 1.42. The summed E-state index contributed by atoms with van der Waals surface area (Å²) in [6.07, 6.45) is 3.36. The van der Waals surface area contributed by atoms with Crippen LogP contribution in [0.1, 0.15) is 21.7 Å². The summed E-state index contributed by atoms with van der Waals surface area (Å²) in [6.45, 7) is 0. The molecule has 0 saturated heterocycles. The first-order chi connectivity index (χ1) is 14.0. The number of fused-ring (bicyclic) bond motifs is 1. The molecule has 0 aliphatic carbocycles. The van der Waals surface area contributed by atoms with Gasteiger partial charge in [-0.05, 0) is 54.1 Å². The smallest absolute Gasteiger partial charge is 0.335 e. The molecule has 0 unspecified atom stereocenters. The van der Waals surface area contributed by atoms with Gasteiger partial charge >= 0.3 is 5.97 Å². The number of aromatic carboxylic acids is 1. The van der Waals surface area contributed by atoms with Crippen molar-refractivity contribution >= 4 is 29.0 Å². The predicted octanol–water partition coefficient (Wildman–Crippen LogP) is 4.39. The monoisotopic (exact) mass is 386 g/mol. The largest absolute Gasteiger partial charge is 0.478 e. The Labute approximate surface area is 165 Å². The van der Waals surface area contributed by atoms with Crippen LogP contribution in [0.25, 0.3) is 28.7 Å². The number of carboxylic acid groups (broad SMARTS) is 1. The van der Waals surface area contributed by atoms with Crippen molar-refractivity contribution in [2.45, 2.75) is 0 Å². The van der Waals surface area contributed by atoms with Gasteiger partial charge in [-0.3, -0.25) is 9.36 Å². The lowest BCUT2D eigenvalue weighted by molar-refractivity contribution is 0.0697. The molecule has 1 aromatic heterocycles. The van der Waals surface area contributed by atoms with Crippen molar-refractivity contribution in [3.05, 3.63) is 106 Å². The summed E-state index contributed by atoms with van der Waals surface area (Å²) in [7, 11) is 0. The average Bonchev–Trinajstić information content (AvgIpc) is 2.73. The van der Waals surface area contributed by atoms with E-state index >= 15 is 0 Å². The lowest BCUT2D eigenvalue weighted by atomic mass is 10.1. The van der Waals surface area contributed by atoms with E-state index in [1.807, 2.05) is 0 Å². The SMILES string of the molecule is O=C(O)c1cccc(-n2c(/C=C/c3ccc(F)cc3)nc3ccccc3c2=O)c1. The fraction of sp³-hybridized carbons (Fsp3) is 0. The third-order valence-electron chi connectivity index (χ3n) is 4.45. The molecule has 0 bridgehead atoms. The molecule has 0 aliphatic heterocycles. The molecule has 29 heavy (non-hydrogen) atoms. The fourth-order valence-corrected chi connectivity index (χ4v) is 3.03. The molecular weight excluding hydrogens is 371 g/mol. The molecule has 0 radical (unpaired) electrons. The van der Waals surface area contributed by atoms with Gasteiger partial charge in [0.1, 0.15) is 11.6 Å². The van der Waals surface area contributed by atoms with E-state index in [2.05, 4.69) is 4.98 Å². The summed E-state index contributed by atoms with van der Waals surface area (Å²) in [5.74, 6) is -1.09. The molecule has 4 aromatic rings. The number of halogens is 1. The van der Waals surface area contributed by atoms with Crippen molar-refractivity contribution in [1.29, 1.82) is 0 Å². The standard InChI is InChI=1S/C23H15FN2O3/c24-17-11-8-15(9-12-17)10-13-21-25-20-7-2-1-6-19(20)22(27)26(21)18-5-3-4-16(14-18)23(28)29/h1-14H,(H,28,29)/b13-10+. The minimum Gasteiger partial charge on any atom is -0.478 e. The van der Waals surface area contributed by atoms with Crippen LogP contribution < -0.4 is 5.56 Å². The van der Waals surface area contributed by atoms with Crippen molar-refractivity contribution in [3.8, 4) is 5.69 Å². The van der Waals surface area contributed by atoms with Gasteiger partial charge in [-0.1, -0.05) is 36.4 Å². The lowest BCUT2D eigenvalue weighted by Gasteiger charge is -2.12. The Morgan fingerprint density at radius 3 is 2.48 bits per heavy atom. The second kappa shape index (κ2) is 7.52. The van der Waals surface area contributed by atoms with Crippen LogP contribution in [0.3, 0.4) is 0 Å². The molecule has 0 saturated carbocycles. The second-order valence-electron chi connectivity index (χ2n) is 6.37. The quantitative estimate of drug-likeness (QED) is 0.565. The van der Waals surface area contributed by atoms with Gasteiger partial charge in [0.15, 0.2) is 0 Å². The molecular formula is C23H15FN2O3. The van der Waals surface area contributed by atoms with Gasteiger partial charge in [-0.25, -0.2) is 14.2 Å². The van der Waals surface area contributed by atoms with Crippen molar-refractivity contribution in [1.82, 2.24) is 9.55 Å². The van der Waals surface area contributed by atoms with E-state index in [1.165, 1.54) is 28.8 Å². The van der Waals surface area contributed by atoms with Crippen LogP contribution in [0.15, 0.2) is 77.6 Å². The molecule has 142 valence electrons. The second-order valence-corrected chi connectivity index (χ2v) is 6.37. The van der Waals surface area contributed by atoms with Gasteiger partial charge in [0, 0.05) is 0 Å². The van der Waals surface area contributed by atoms with E-state index in [9.17, 15) is 19.1 Å². The highest BCUT2D eigenvalue weighted by Crippen LogP contribution is 2.17. The molecule has 4 rings (SSSR count). The summed E-state index contributed by atoms with van der Waals surface area (Å²) in [4.78, 5) is 29.1. The Kier molecular flexibility index (Phi) is 4.75. The van der Waals surface area contributed by atoms with Gasteiger partial charge in [0.05, 0.1) is 22.2 Å². The minimum atomic E-state index is -1.09. The molecule has 1 N–H and O–H groups in total. The van der Waals surface area contributed by atoms with E-state index in [-0.39, 0.29) is 16.9 Å². The van der Waals surface area contributed by atoms with Gasteiger partial charge < -0.3 is 5.11 Å². The molecule has 0 atom stereocenters. The number of benzene rings is 3. The number of hydrogen-bond donors (Lipinski definition) is 1. The Bertz CT molecular complexity index is 1310. The molecule has 0 spiro atoms. The zero-order valence-electron chi connectivity index (χ0n) is 15.1. The number of carboxylic acids is 1. The van der Waals surface area contributed by atoms with Crippen molar-refractivity contribution in [3.63, 3.8) is 0 Å². The molecule has 0 fully saturated rings. The number of rotatable bonds is 4. The zero-order chi connectivity index (χ0) is 20.4.